The van der Waals surface area contributed by atoms with Crippen LogP contribution in [0, 0.1) is 20.8 Å². The molecule has 2 aromatic rings. The van der Waals surface area contributed by atoms with Crippen LogP contribution in [0.15, 0.2) is 70.7 Å². The fourth-order valence-corrected chi connectivity index (χ4v) is 6.38. The molecule has 0 fully saturated rings. The monoisotopic (exact) mass is 468 g/mol. The lowest BCUT2D eigenvalue weighted by atomic mass is 9.91. The Bertz CT molecular complexity index is 1180. The molecule has 0 aliphatic carbocycles. The van der Waals surface area contributed by atoms with E-state index in [0.29, 0.717) is 12.0 Å². The largest absolute Gasteiger partial charge is 0.353 e. The van der Waals surface area contributed by atoms with E-state index in [9.17, 15) is 0 Å². The number of allylic oxidation sites excluding steroid dienone is 1. The van der Waals surface area contributed by atoms with Gasteiger partial charge in [0.2, 0.25) is 0 Å². The standard InChI is InChI=1S/C31H40N4/c1-8-27-14-15-28-25(7)32-29-18-24(6)34(30-21(3)16-20(2)17-22(30)4)35(29)31(28)33(27)19-23(5)26-12-10-9-11-13-26/h9-13,16-18,23-24,27H,8,14-15,19H2,1-7H3. The number of hydrogen-bond acceptors (Lipinski definition) is 4. The Hall–Kier alpha value is -3.01. The highest BCUT2D eigenvalue weighted by Gasteiger charge is 2.43. The molecule has 0 saturated carbocycles. The summed E-state index contributed by atoms with van der Waals surface area (Å²) in [7, 11) is 0. The van der Waals surface area contributed by atoms with Gasteiger partial charge in [-0.3, -0.25) is 5.01 Å². The van der Waals surface area contributed by atoms with Gasteiger partial charge in [-0.1, -0.05) is 61.9 Å². The first kappa shape index (κ1) is 23.7. The lowest BCUT2D eigenvalue weighted by molar-refractivity contribution is 0.143. The maximum absolute atomic E-state index is 5.13. The number of rotatable bonds is 5. The van der Waals surface area contributed by atoms with Crippen molar-refractivity contribution in [2.45, 2.75) is 85.7 Å². The molecule has 35 heavy (non-hydrogen) atoms. The zero-order valence-corrected chi connectivity index (χ0v) is 22.5. The Labute approximate surface area is 211 Å². The molecule has 3 unspecified atom stereocenters. The quantitative estimate of drug-likeness (QED) is 0.462. The molecular formula is C31H40N4. The molecule has 3 aliphatic rings. The van der Waals surface area contributed by atoms with Crippen LogP contribution in [-0.4, -0.2) is 34.2 Å². The number of fused-ring (bicyclic) bond motifs is 2. The van der Waals surface area contributed by atoms with Gasteiger partial charge in [-0.2, -0.15) is 0 Å². The Morgan fingerprint density at radius 1 is 1.03 bits per heavy atom. The van der Waals surface area contributed by atoms with Gasteiger partial charge in [0, 0.05) is 23.9 Å². The summed E-state index contributed by atoms with van der Waals surface area (Å²) < 4.78 is 0. The average Bonchev–Trinajstić information content (AvgIpc) is 3.14. The number of anilines is 1. The molecule has 4 nitrogen and oxygen atoms in total. The second-order valence-corrected chi connectivity index (χ2v) is 10.7. The summed E-state index contributed by atoms with van der Waals surface area (Å²) in [6.07, 6.45) is 5.77. The molecular weight excluding hydrogens is 428 g/mol. The molecule has 0 amide bonds. The van der Waals surface area contributed by atoms with E-state index >= 15 is 0 Å². The summed E-state index contributed by atoms with van der Waals surface area (Å²) in [5.74, 6) is 2.87. The van der Waals surface area contributed by atoms with E-state index in [2.05, 4.69) is 112 Å². The number of aliphatic imine (C=N–C) groups is 1. The minimum Gasteiger partial charge on any atom is -0.353 e. The first-order valence-electron chi connectivity index (χ1n) is 13.3. The van der Waals surface area contributed by atoms with Crippen molar-refractivity contribution < 1.29 is 0 Å². The second kappa shape index (κ2) is 9.22. The van der Waals surface area contributed by atoms with Crippen molar-refractivity contribution >= 4 is 11.4 Å². The molecule has 0 aromatic heterocycles. The van der Waals surface area contributed by atoms with Gasteiger partial charge in [-0.25, -0.2) is 10.0 Å². The number of benzene rings is 2. The zero-order valence-electron chi connectivity index (χ0n) is 22.5. The van der Waals surface area contributed by atoms with Gasteiger partial charge in [-0.05, 0) is 82.6 Å². The van der Waals surface area contributed by atoms with Gasteiger partial charge in [0.05, 0.1) is 11.7 Å². The van der Waals surface area contributed by atoms with Crippen molar-refractivity contribution in [2.24, 2.45) is 4.99 Å². The first-order chi connectivity index (χ1) is 16.8. The molecule has 3 atom stereocenters. The van der Waals surface area contributed by atoms with Gasteiger partial charge < -0.3 is 4.90 Å². The lowest BCUT2D eigenvalue weighted by Crippen LogP contribution is -2.53. The number of aryl methyl sites for hydroxylation is 3. The van der Waals surface area contributed by atoms with E-state index in [1.807, 2.05) is 0 Å². The SMILES string of the molecule is CCC1CCC2=C(N1CC(C)c1ccccc1)N1C(=CC(C)N1c1c(C)cc(C)cc1C)N=C2C. The van der Waals surface area contributed by atoms with Crippen LogP contribution in [0.25, 0.3) is 0 Å². The van der Waals surface area contributed by atoms with Crippen molar-refractivity contribution in [2.75, 3.05) is 11.6 Å². The third-order valence-electron chi connectivity index (χ3n) is 8.01. The van der Waals surface area contributed by atoms with Gasteiger partial charge >= 0.3 is 0 Å². The fourth-order valence-electron chi connectivity index (χ4n) is 6.38. The molecule has 2 aromatic carbocycles. The normalized spacial score (nSPS) is 22.7. The minimum absolute atomic E-state index is 0.240. The van der Waals surface area contributed by atoms with E-state index in [4.69, 9.17) is 4.99 Å². The van der Waals surface area contributed by atoms with Gasteiger partial charge in [0.25, 0.3) is 0 Å². The molecule has 5 rings (SSSR count). The smallest absolute Gasteiger partial charge is 0.152 e. The summed E-state index contributed by atoms with van der Waals surface area (Å²) in [5.41, 5.74) is 9.27. The Kier molecular flexibility index (Phi) is 6.25. The van der Waals surface area contributed by atoms with Crippen LogP contribution in [-0.2, 0) is 0 Å². The van der Waals surface area contributed by atoms with Gasteiger partial charge in [-0.15, -0.1) is 0 Å². The average molecular weight is 469 g/mol. The van der Waals surface area contributed by atoms with Crippen LogP contribution < -0.4 is 5.01 Å². The molecule has 3 heterocycles. The second-order valence-electron chi connectivity index (χ2n) is 10.7. The van der Waals surface area contributed by atoms with Crippen molar-refractivity contribution in [3.8, 4) is 0 Å². The molecule has 0 radical (unpaired) electrons. The van der Waals surface area contributed by atoms with Crippen LogP contribution in [0.5, 0.6) is 0 Å². The first-order valence-corrected chi connectivity index (χ1v) is 13.3. The molecule has 0 N–H and O–H groups in total. The van der Waals surface area contributed by atoms with Crippen LogP contribution in [0.3, 0.4) is 0 Å². The van der Waals surface area contributed by atoms with Gasteiger partial charge in [0.1, 0.15) is 5.82 Å². The summed E-state index contributed by atoms with van der Waals surface area (Å²) in [6, 6.07) is 16.4. The molecule has 184 valence electrons. The zero-order chi connectivity index (χ0) is 24.9. The van der Waals surface area contributed by atoms with Gasteiger partial charge in [0.15, 0.2) is 5.82 Å². The number of hydrazine groups is 1. The molecule has 3 aliphatic heterocycles. The van der Waals surface area contributed by atoms with Crippen LogP contribution in [0.1, 0.15) is 75.1 Å². The molecule has 0 bridgehead atoms. The Morgan fingerprint density at radius 3 is 2.37 bits per heavy atom. The van der Waals surface area contributed by atoms with Crippen molar-refractivity contribution in [3.63, 3.8) is 0 Å². The van der Waals surface area contributed by atoms with Crippen molar-refractivity contribution in [1.82, 2.24) is 9.91 Å². The fraction of sp³-hybridized carbons (Fsp3) is 0.452. The minimum atomic E-state index is 0.240. The summed E-state index contributed by atoms with van der Waals surface area (Å²) in [5, 5.41) is 4.96. The third kappa shape index (κ3) is 4.07. The van der Waals surface area contributed by atoms with E-state index in [-0.39, 0.29) is 6.04 Å². The predicted octanol–water partition coefficient (Wildman–Crippen LogP) is 7.24. The van der Waals surface area contributed by atoms with E-state index in [1.165, 1.54) is 51.5 Å². The highest BCUT2D eigenvalue weighted by atomic mass is 15.7. The van der Waals surface area contributed by atoms with Crippen LogP contribution in [0.2, 0.25) is 0 Å². The lowest BCUT2D eigenvalue weighted by Gasteiger charge is -2.50. The highest BCUT2D eigenvalue weighted by molar-refractivity contribution is 6.00. The summed E-state index contributed by atoms with van der Waals surface area (Å²) >= 11 is 0. The number of hydrogen-bond donors (Lipinski definition) is 0. The summed E-state index contributed by atoms with van der Waals surface area (Å²) in [4.78, 5) is 7.85. The molecule has 0 spiro atoms. The topological polar surface area (TPSA) is 22.1 Å². The number of nitrogens with zero attached hydrogens (tertiary/aromatic N) is 4. The summed E-state index contributed by atoms with van der Waals surface area (Å²) in [6.45, 7) is 16.9. The Morgan fingerprint density at radius 2 is 1.71 bits per heavy atom. The Balaban J connectivity index is 1.62. The molecule has 4 heteroatoms. The maximum atomic E-state index is 5.13. The van der Waals surface area contributed by atoms with Crippen molar-refractivity contribution in [3.05, 3.63) is 88.0 Å². The van der Waals surface area contributed by atoms with Crippen LogP contribution in [0.4, 0.5) is 5.69 Å². The predicted molar refractivity (Wildman–Crippen MR) is 148 cm³/mol. The maximum Gasteiger partial charge on any atom is 0.152 e. The van der Waals surface area contributed by atoms with E-state index in [1.54, 1.807) is 0 Å². The van der Waals surface area contributed by atoms with E-state index in [0.717, 1.165) is 25.2 Å². The molecule has 0 saturated heterocycles. The third-order valence-corrected chi connectivity index (χ3v) is 8.01. The van der Waals surface area contributed by atoms with Crippen molar-refractivity contribution in [1.29, 1.82) is 0 Å². The highest BCUT2D eigenvalue weighted by Crippen LogP contribution is 2.44. The van der Waals surface area contributed by atoms with Crippen LogP contribution >= 0.6 is 0 Å². The van der Waals surface area contributed by atoms with E-state index < -0.39 is 0 Å².